The van der Waals surface area contributed by atoms with Crippen LogP contribution in [0.3, 0.4) is 0 Å². The third-order valence-corrected chi connectivity index (χ3v) is 2.45. The number of hydrogen-bond donors (Lipinski definition) is 0. The van der Waals surface area contributed by atoms with E-state index in [0.29, 0.717) is 6.07 Å². The molecule has 0 amide bonds. The van der Waals surface area contributed by atoms with Crippen LogP contribution < -0.4 is 0 Å². The Bertz CT molecular complexity index is 520. The van der Waals surface area contributed by atoms with Gasteiger partial charge in [-0.25, -0.2) is 4.79 Å². The molecule has 0 spiro atoms. The molecule has 7 heteroatoms. The van der Waals surface area contributed by atoms with Gasteiger partial charge in [0.25, 0.3) is 0 Å². The lowest BCUT2D eigenvalue weighted by molar-refractivity contribution is -0.137. The number of esters is 1. The Morgan fingerprint density at radius 2 is 2.11 bits per heavy atom. The first kappa shape index (κ1) is 14.3. The molecular formula is C11H7ClF3NO2. The minimum Gasteiger partial charge on any atom is -0.462 e. The van der Waals surface area contributed by atoms with Crippen molar-refractivity contribution in [3.63, 3.8) is 0 Å². The smallest absolute Gasteiger partial charge is 0.417 e. The zero-order valence-corrected chi connectivity index (χ0v) is 9.89. The third-order valence-electron chi connectivity index (χ3n) is 2.05. The van der Waals surface area contributed by atoms with Crippen LogP contribution in [0.2, 0.25) is 5.02 Å². The number of hydrogen-bond acceptors (Lipinski definition) is 3. The van der Waals surface area contributed by atoms with Crippen molar-refractivity contribution in [3.05, 3.63) is 33.8 Å². The quantitative estimate of drug-likeness (QED) is 0.778. The second-order valence-electron chi connectivity index (χ2n) is 3.18. The number of ether oxygens (including phenoxy) is 1. The molecule has 96 valence electrons. The van der Waals surface area contributed by atoms with Crippen LogP contribution in [-0.2, 0) is 10.9 Å². The summed E-state index contributed by atoms with van der Waals surface area (Å²) in [6.45, 7) is 1.60. The molecule has 0 aliphatic rings. The highest BCUT2D eigenvalue weighted by Gasteiger charge is 2.35. The van der Waals surface area contributed by atoms with E-state index in [1.165, 1.54) is 6.07 Å². The van der Waals surface area contributed by atoms with Gasteiger partial charge in [0.2, 0.25) is 0 Å². The molecule has 0 bridgehead atoms. The summed E-state index contributed by atoms with van der Waals surface area (Å²) in [7, 11) is 0. The molecule has 0 aromatic heterocycles. The molecule has 0 N–H and O–H groups in total. The van der Waals surface area contributed by atoms with Crippen molar-refractivity contribution in [2.24, 2.45) is 0 Å². The van der Waals surface area contributed by atoms with Gasteiger partial charge in [0.05, 0.1) is 28.3 Å². The van der Waals surface area contributed by atoms with Crippen LogP contribution in [-0.4, -0.2) is 12.6 Å². The Hall–Kier alpha value is -1.74. The topological polar surface area (TPSA) is 50.1 Å². The Kier molecular flexibility index (Phi) is 4.19. The van der Waals surface area contributed by atoms with Crippen molar-refractivity contribution in [1.29, 1.82) is 5.26 Å². The van der Waals surface area contributed by atoms with Gasteiger partial charge < -0.3 is 4.74 Å². The maximum absolute atomic E-state index is 12.6. The highest BCUT2D eigenvalue weighted by Crippen LogP contribution is 2.36. The van der Waals surface area contributed by atoms with E-state index < -0.39 is 28.3 Å². The minimum absolute atomic E-state index is 0.0536. The lowest BCUT2D eigenvalue weighted by atomic mass is 10.0. The van der Waals surface area contributed by atoms with E-state index in [4.69, 9.17) is 16.9 Å². The van der Waals surface area contributed by atoms with E-state index >= 15 is 0 Å². The van der Waals surface area contributed by atoms with Gasteiger partial charge in [-0.3, -0.25) is 0 Å². The van der Waals surface area contributed by atoms with E-state index in [1.54, 1.807) is 6.92 Å². The zero-order valence-electron chi connectivity index (χ0n) is 9.14. The van der Waals surface area contributed by atoms with Gasteiger partial charge in [0.15, 0.2) is 0 Å². The molecule has 0 aliphatic carbocycles. The number of halogens is 4. The highest BCUT2D eigenvalue weighted by molar-refractivity contribution is 6.34. The fourth-order valence-corrected chi connectivity index (χ4v) is 1.57. The molecule has 0 saturated heterocycles. The maximum Gasteiger partial charge on any atom is 0.417 e. The van der Waals surface area contributed by atoms with E-state index in [-0.39, 0.29) is 12.2 Å². The summed E-state index contributed by atoms with van der Waals surface area (Å²) in [4.78, 5) is 11.4. The van der Waals surface area contributed by atoms with Crippen molar-refractivity contribution in [2.45, 2.75) is 13.1 Å². The van der Waals surface area contributed by atoms with Gasteiger partial charge in [-0.05, 0) is 19.1 Å². The highest BCUT2D eigenvalue weighted by atomic mass is 35.5. The summed E-state index contributed by atoms with van der Waals surface area (Å²) in [5, 5.41) is 8.16. The number of rotatable bonds is 2. The second kappa shape index (κ2) is 5.27. The first-order chi connectivity index (χ1) is 8.32. The Balaban J connectivity index is 3.40. The average molecular weight is 278 g/mol. The summed E-state index contributed by atoms with van der Waals surface area (Å²) in [6, 6.07) is 2.88. The van der Waals surface area contributed by atoms with Crippen LogP contribution in [0.4, 0.5) is 13.2 Å². The lowest BCUT2D eigenvalue weighted by Gasteiger charge is -2.12. The largest absolute Gasteiger partial charge is 0.462 e. The van der Waals surface area contributed by atoms with Crippen LogP contribution in [0.1, 0.15) is 28.4 Å². The molecule has 0 fully saturated rings. The first-order valence-corrected chi connectivity index (χ1v) is 5.17. The molecular weight excluding hydrogens is 271 g/mol. The lowest BCUT2D eigenvalue weighted by Crippen LogP contribution is -2.12. The molecule has 18 heavy (non-hydrogen) atoms. The molecule has 0 unspecified atom stereocenters. The Morgan fingerprint density at radius 3 is 2.56 bits per heavy atom. The van der Waals surface area contributed by atoms with Crippen LogP contribution in [0, 0.1) is 11.3 Å². The summed E-state index contributed by atoms with van der Waals surface area (Å²) < 4.78 is 42.3. The number of carbonyl (C=O) groups excluding carboxylic acids is 1. The number of nitriles is 1. The number of benzene rings is 1. The van der Waals surface area contributed by atoms with Gasteiger partial charge >= 0.3 is 12.1 Å². The molecule has 0 atom stereocenters. The van der Waals surface area contributed by atoms with E-state index in [2.05, 4.69) is 4.74 Å². The van der Waals surface area contributed by atoms with Crippen molar-refractivity contribution in [1.82, 2.24) is 0 Å². The van der Waals surface area contributed by atoms with Crippen molar-refractivity contribution in [3.8, 4) is 6.07 Å². The van der Waals surface area contributed by atoms with Crippen LogP contribution in [0.15, 0.2) is 12.1 Å². The van der Waals surface area contributed by atoms with Gasteiger partial charge in [0.1, 0.15) is 6.07 Å². The van der Waals surface area contributed by atoms with Gasteiger partial charge in [-0.2, -0.15) is 18.4 Å². The summed E-state index contributed by atoms with van der Waals surface area (Å²) in [5.41, 5.74) is -2.22. The van der Waals surface area contributed by atoms with Crippen LogP contribution in [0.25, 0.3) is 0 Å². The second-order valence-corrected chi connectivity index (χ2v) is 3.56. The van der Waals surface area contributed by atoms with Gasteiger partial charge in [-0.15, -0.1) is 0 Å². The normalized spacial score (nSPS) is 10.9. The fraction of sp³-hybridized carbons (Fsp3) is 0.273. The van der Waals surface area contributed by atoms with Crippen LogP contribution in [0.5, 0.6) is 0 Å². The molecule has 0 heterocycles. The molecule has 3 nitrogen and oxygen atoms in total. The van der Waals surface area contributed by atoms with Crippen molar-refractivity contribution < 1.29 is 22.7 Å². The fourth-order valence-electron chi connectivity index (χ4n) is 1.29. The third kappa shape index (κ3) is 2.74. The van der Waals surface area contributed by atoms with Gasteiger partial charge in [-0.1, -0.05) is 11.6 Å². The minimum atomic E-state index is -4.71. The predicted octanol–water partition coefficient (Wildman–Crippen LogP) is 3.41. The zero-order chi connectivity index (χ0) is 13.9. The monoisotopic (exact) mass is 277 g/mol. The molecule has 1 aromatic carbocycles. The molecule has 1 aromatic rings. The number of nitrogens with zero attached hydrogens (tertiary/aromatic N) is 1. The summed E-state index contributed by atoms with van der Waals surface area (Å²) in [5.74, 6) is -0.868. The number of alkyl halides is 3. The maximum atomic E-state index is 12.6. The predicted molar refractivity (Wildman–Crippen MR) is 57.1 cm³/mol. The van der Waals surface area contributed by atoms with Gasteiger partial charge in [0, 0.05) is 0 Å². The van der Waals surface area contributed by atoms with Crippen LogP contribution >= 0.6 is 11.6 Å². The molecule has 0 aliphatic heterocycles. The van der Waals surface area contributed by atoms with Crippen molar-refractivity contribution >= 4 is 17.6 Å². The standard InChI is InChI=1S/C11H7ClF3NO2/c1-2-18-10(17)6-3-4-8(11(13,14)15)7(5-16)9(6)12/h3-4H,2H2,1H3. The Morgan fingerprint density at radius 1 is 1.50 bits per heavy atom. The first-order valence-electron chi connectivity index (χ1n) is 4.79. The van der Waals surface area contributed by atoms with E-state index in [0.717, 1.165) is 6.07 Å². The van der Waals surface area contributed by atoms with Crippen molar-refractivity contribution in [2.75, 3.05) is 6.61 Å². The summed E-state index contributed by atoms with van der Waals surface area (Å²) >= 11 is 5.63. The molecule has 1 rings (SSSR count). The SMILES string of the molecule is CCOC(=O)c1ccc(C(F)(F)F)c(C#N)c1Cl. The summed E-state index contributed by atoms with van der Waals surface area (Å²) in [6.07, 6.45) is -4.71. The van der Waals surface area contributed by atoms with E-state index in [9.17, 15) is 18.0 Å². The average Bonchev–Trinajstić information content (AvgIpc) is 2.27. The number of carbonyl (C=O) groups is 1. The van der Waals surface area contributed by atoms with E-state index in [1.807, 2.05) is 0 Å². The molecule has 0 saturated carbocycles. The Labute approximate surface area is 106 Å². The molecule has 0 radical (unpaired) electrons.